The molecule has 0 spiro atoms. The number of amides is 1. The van der Waals surface area contributed by atoms with Crippen LogP contribution >= 0.6 is 0 Å². The number of hydrogen-bond acceptors (Lipinski definition) is 5. The van der Waals surface area contributed by atoms with Gasteiger partial charge in [-0.15, -0.1) is 0 Å². The number of benzene rings is 2. The van der Waals surface area contributed by atoms with Crippen LogP contribution in [0, 0.1) is 5.82 Å². The van der Waals surface area contributed by atoms with Gasteiger partial charge in [0.15, 0.2) is 6.61 Å². The number of ether oxygens (including phenoxy) is 1. The number of carbonyl (C=O) groups is 2. The lowest BCUT2D eigenvalue weighted by Crippen LogP contribution is -2.35. The first-order valence-corrected chi connectivity index (χ1v) is 10.5. The molecule has 0 aromatic heterocycles. The van der Waals surface area contributed by atoms with Crippen LogP contribution in [0.15, 0.2) is 53.4 Å². The maximum Gasteiger partial charge on any atom is 0.340 e. The van der Waals surface area contributed by atoms with E-state index in [0.717, 1.165) is 37.1 Å². The van der Waals surface area contributed by atoms with Gasteiger partial charge in [0, 0.05) is 6.04 Å². The van der Waals surface area contributed by atoms with Crippen LogP contribution in [0.1, 0.15) is 37.0 Å². The normalized spacial score (nSPS) is 12.1. The van der Waals surface area contributed by atoms with Gasteiger partial charge in [0.25, 0.3) is 15.9 Å². The smallest absolute Gasteiger partial charge is 0.340 e. The van der Waals surface area contributed by atoms with E-state index in [1.54, 1.807) is 6.07 Å². The van der Waals surface area contributed by atoms with Gasteiger partial charge in [-0.1, -0.05) is 25.5 Å². The highest BCUT2D eigenvalue weighted by molar-refractivity contribution is 7.92. The Morgan fingerprint density at radius 1 is 1.10 bits per heavy atom. The third-order valence-corrected chi connectivity index (χ3v) is 5.36. The summed E-state index contributed by atoms with van der Waals surface area (Å²) in [6.07, 6.45) is 1.70. The Balaban J connectivity index is 2.09. The zero-order chi connectivity index (χ0) is 21.4. The third-order valence-electron chi connectivity index (χ3n) is 3.98. The number of esters is 1. The summed E-state index contributed by atoms with van der Waals surface area (Å²) >= 11 is 0. The van der Waals surface area contributed by atoms with E-state index < -0.39 is 34.3 Å². The summed E-state index contributed by atoms with van der Waals surface area (Å²) in [6.45, 7) is 3.36. The van der Waals surface area contributed by atoms with Crippen molar-refractivity contribution in [2.45, 2.75) is 37.6 Å². The second-order valence-electron chi connectivity index (χ2n) is 6.44. The lowest BCUT2D eigenvalue weighted by molar-refractivity contribution is -0.124. The summed E-state index contributed by atoms with van der Waals surface area (Å²) in [5.41, 5.74) is -0.0609. The zero-order valence-corrected chi connectivity index (χ0v) is 17.0. The van der Waals surface area contributed by atoms with E-state index in [1.165, 1.54) is 18.2 Å². The molecule has 1 amide bonds. The molecular weight excluding hydrogens is 399 g/mol. The van der Waals surface area contributed by atoms with Gasteiger partial charge >= 0.3 is 5.97 Å². The quantitative estimate of drug-likeness (QED) is 0.605. The molecule has 0 bridgehead atoms. The lowest BCUT2D eigenvalue weighted by atomic mass is 10.2. The molecule has 0 aliphatic carbocycles. The van der Waals surface area contributed by atoms with Gasteiger partial charge in [-0.2, -0.15) is 0 Å². The number of rotatable bonds is 9. The van der Waals surface area contributed by atoms with Crippen molar-refractivity contribution in [3.63, 3.8) is 0 Å². The molecule has 0 unspecified atom stereocenters. The number of carbonyl (C=O) groups excluding carboxylic acids is 2. The molecule has 0 fully saturated rings. The number of hydrogen-bond donors (Lipinski definition) is 2. The molecule has 0 saturated carbocycles. The van der Waals surface area contributed by atoms with Crippen LogP contribution in [0.4, 0.5) is 10.1 Å². The number of halogens is 1. The van der Waals surface area contributed by atoms with Crippen LogP contribution < -0.4 is 10.0 Å². The van der Waals surface area contributed by atoms with E-state index in [4.69, 9.17) is 4.74 Å². The highest BCUT2D eigenvalue weighted by Gasteiger charge is 2.20. The first-order chi connectivity index (χ1) is 13.7. The summed E-state index contributed by atoms with van der Waals surface area (Å²) in [6, 6.07) is 10.1. The molecule has 2 rings (SSSR count). The average Bonchev–Trinajstić information content (AvgIpc) is 2.66. The Labute approximate surface area is 169 Å². The average molecular weight is 422 g/mol. The fourth-order valence-electron chi connectivity index (χ4n) is 2.60. The number of nitrogens with one attached hydrogen (secondary N) is 2. The summed E-state index contributed by atoms with van der Waals surface area (Å²) in [7, 11) is -4.04. The van der Waals surface area contributed by atoms with Crippen molar-refractivity contribution in [3.05, 3.63) is 59.9 Å². The lowest BCUT2D eigenvalue weighted by Gasteiger charge is -2.14. The highest BCUT2D eigenvalue weighted by atomic mass is 32.2. The van der Waals surface area contributed by atoms with Gasteiger partial charge < -0.3 is 10.1 Å². The minimum atomic E-state index is -4.04. The van der Waals surface area contributed by atoms with E-state index >= 15 is 0 Å². The molecular formula is C20H23FN2O5S. The SMILES string of the molecule is CCC[C@@H](C)NC(=O)COC(=O)c1ccccc1NS(=O)(=O)c1ccc(F)cc1. The van der Waals surface area contributed by atoms with E-state index in [1.807, 2.05) is 13.8 Å². The third kappa shape index (κ3) is 6.56. The van der Waals surface area contributed by atoms with Crippen molar-refractivity contribution in [1.82, 2.24) is 5.32 Å². The van der Waals surface area contributed by atoms with Crippen molar-refractivity contribution >= 4 is 27.6 Å². The second-order valence-corrected chi connectivity index (χ2v) is 8.12. The Hall–Kier alpha value is -2.94. The monoisotopic (exact) mass is 422 g/mol. The van der Waals surface area contributed by atoms with Crippen LogP contribution in [-0.4, -0.2) is 32.9 Å². The van der Waals surface area contributed by atoms with Gasteiger partial charge in [0.2, 0.25) is 0 Å². The highest BCUT2D eigenvalue weighted by Crippen LogP contribution is 2.21. The Morgan fingerprint density at radius 3 is 2.41 bits per heavy atom. The molecule has 0 saturated heterocycles. The molecule has 1 atom stereocenters. The fourth-order valence-corrected chi connectivity index (χ4v) is 3.68. The molecule has 9 heteroatoms. The number of anilines is 1. The summed E-state index contributed by atoms with van der Waals surface area (Å²) in [5, 5.41) is 2.71. The van der Waals surface area contributed by atoms with Crippen LogP contribution in [-0.2, 0) is 19.6 Å². The van der Waals surface area contributed by atoms with Crippen molar-refractivity contribution in [2.75, 3.05) is 11.3 Å². The molecule has 156 valence electrons. The van der Waals surface area contributed by atoms with Crippen molar-refractivity contribution in [1.29, 1.82) is 0 Å². The minimum absolute atomic E-state index is 0.0124. The molecule has 0 aliphatic heterocycles. The maximum atomic E-state index is 13.0. The summed E-state index contributed by atoms with van der Waals surface area (Å²) < 4.78 is 45.3. The van der Waals surface area contributed by atoms with E-state index in [9.17, 15) is 22.4 Å². The topological polar surface area (TPSA) is 102 Å². The van der Waals surface area contributed by atoms with Crippen LogP contribution in [0.3, 0.4) is 0 Å². The number of sulfonamides is 1. The molecule has 7 nitrogen and oxygen atoms in total. The summed E-state index contributed by atoms with van der Waals surface area (Å²) in [4.78, 5) is 24.1. The maximum absolute atomic E-state index is 13.0. The Kier molecular flexibility index (Phi) is 7.72. The molecule has 29 heavy (non-hydrogen) atoms. The molecule has 0 heterocycles. The van der Waals surface area contributed by atoms with Gasteiger partial charge in [0.05, 0.1) is 16.1 Å². The Bertz CT molecular complexity index is 961. The van der Waals surface area contributed by atoms with Gasteiger partial charge in [-0.25, -0.2) is 17.6 Å². The van der Waals surface area contributed by atoms with Crippen LogP contribution in [0.25, 0.3) is 0 Å². The largest absolute Gasteiger partial charge is 0.452 e. The molecule has 2 aromatic rings. The van der Waals surface area contributed by atoms with Crippen molar-refractivity contribution < 1.29 is 27.1 Å². The first kappa shape index (κ1) is 22.4. The van der Waals surface area contributed by atoms with Gasteiger partial charge in [-0.3, -0.25) is 9.52 Å². The van der Waals surface area contributed by atoms with Crippen molar-refractivity contribution in [3.8, 4) is 0 Å². The van der Waals surface area contributed by atoms with E-state index in [2.05, 4.69) is 10.0 Å². The molecule has 0 radical (unpaired) electrons. The first-order valence-electron chi connectivity index (χ1n) is 9.07. The standard InChI is InChI=1S/C20H23FN2O5S/c1-3-6-14(2)22-19(24)13-28-20(25)17-7-4-5-8-18(17)23-29(26,27)16-11-9-15(21)10-12-16/h4-5,7-12,14,23H,3,6,13H2,1-2H3,(H,22,24)/t14-/m1/s1. The molecule has 2 aromatic carbocycles. The van der Waals surface area contributed by atoms with E-state index in [-0.39, 0.29) is 22.2 Å². The fraction of sp³-hybridized carbons (Fsp3) is 0.300. The van der Waals surface area contributed by atoms with Gasteiger partial charge in [0.1, 0.15) is 5.82 Å². The summed E-state index contributed by atoms with van der Waals surface area (Å²) in [5.74, 6) is -1.86. The number of para-hydroxylation sites is 1. The van der Waals surface area contributed by atoms with Crippen LogP contribution in [0.5, 0.6) is 0 Å². The van der Waals surface area contributed by atoms with Crippen LogP contribution in [0.2, 0.25) is 0 Å². The van der Waals surface area contributed by atoms with E-state index in [0.29, 0.717) is 0 Å². The predicted molar refractivity (Wildman–Crippen MR) is 106 cm³/mol. The Morgan fingerprint density at radius 2 is 1.76 bits per heavy atom. The molecule has 2 N–H and O–H groups in total. The zero-order valence-electron chi connectivity index (χ0n) is 16.1. The second kappa shape index (κ2) is 10.0. The van der Waals surface area contributed by atoms with Crippen molar-refractivity contribution in [2.24, 2.45) is 0 Å². The predicted octanol–water partition coefficient (Wildman–Crippen LogP) is 3.09. The van der Waals surface area contributed by atoms with Gasteiger partial charge in [-0.05, 0) is 49.7 Å². The minimum Gasteiger partial charge on any atom is -0.452 e. The molecule has 0 aliphatic rings.